The number of amides is 2. The van der Waals surface area contributed by atoms with E-state index in [2.05, 4.69) is 12.2 Å². The Bertz CT molecular complexity index is 956. The van der Waals surface area contributed by atoms with Crippen molar-refractivity contribution in [2.24, 2.45) is 0 Å². The Morgan fingerprint density at radius 1 is 1.29 bits per heavy atom. The molecule has 1 aromatic heterocycles. The van der Waals surface area contributed by atoms with E-state index in [9.17, 15) is 9.59 Å². The molecule has 2 atom stereocenters. The number of nitrogens with zero attached hydrogens (tertiary/aromatic N) is 2. The fraction of sp³-hybridized carbons (Fsp3) is 0.478. The largest absolute Gasteiger partial charge is 0.413 e. The number of ether oxygens (including phenoxy) is 2. The highest BCUT2D eigenvalue weighted by Crippen LogP contribution is 2.30. The molecule has 0 unspecified atom stereocenters. The Hall–Kier alpha value is -2.51. The molecule has 0 saturated carbocycles. The number of nitrogens with one attached hydrogen (secondary N) is 1. The summed E-state index contributed by atoms with van der Waals surface area (Å²) in [6, 6.07) is 9.07. The number of carbonyl (C=O) groups excluding carboxylic acids is 2. The van der Waals surface area contributed by atoms with Gasteiger partial charge in [0.1, 0.15) is 5.69 Å². The van der Waals surface area contributed by atoms with Crippen LogP contribution in [0.15, 0.2) is 30.3 Å². The smallest absolute Gasteiger partial charge is 0.408 e. The molecule has 1 saturated heterocycles. The zero-order valence-electron chi connectivity index (χ0n) is 17.9. The Balaban J connectivity index is 1.52. The molecular weight excluding hydrogens is 418 g/mol. The van der Waals surface area contributed by atoms with E-state index in [0.29, 0.717) is 42.6 Å². The van der Waals surface area contributed by atoms with E-state index in [1.807, 2.05) is 28.5 Å². The highest BCUT2D eigenvalue weighted by molar-refractivity contribution is 6.30. The molecule has 7 nitrogen and oxygen atoms in total. The molecule has 31 heavy (non-hydrogen) atoms. The number of rotatable bonds is 5. The van der Waals surface area contributed by atoms with Crippen molar-refractivity contribution in [3.63, 3.8) is 0 Å². The van der Waals surface area contributed by atoms with Gasteiger partial charge in [-0.25, -0.2) is 4.79 Å². The van der Waals surface area contributed by atoms with Gasteiger partial charge >= 0.3 is 6.09 Å². The number of hydrogen-bond acceptors (Lipinski definition) is 4. The maximum Gasteiger partial charge on any atom is 0.413 e. The van der Waals surface area contributed by atoms with Gasteiger partial charge in [0, 0.05) is 30.2 Å². The average molecular weight is 446 g/mol. The first kappa shape index (κ1) is 21.7. The highest BCUT2D eigenvalue weighted by Gasteiger charge is 2.31. The minimum Gasteiger partial charge on any atom is -0.408 e. The van der Waals surface area contributed by atoms with E-state index in [1.165, 1.54) is 0 Å². The van der Waals surface area contributed by atoms with Crippen molar-refractivity contribution in [2.75, 3.05) is 13.2 Å². The Labute approximate surface area is 187 Å². The van der Waals surface area contributed by atoms with E-state index in [4.69, 9.17) is 21.1 Å². The van der Waals surface area contributed by atoms with Gasteiger partial charge in [-0.05, 0) is 43.9 Å². The van der Waals surface area contributed by atoms with E-state index in [1.54, 1.807) is 18.2 Å². The van der Waals surface area contributed by atoms with Crippen LogP contribution >= 0.6 is 11.6 Å². The van der Waals surface area contributed by atoms with Gasteiger partial charge in [0.2, 0.25) is 0 Å². The lowest BCUT2D eigenvalue weighted by Gasteiger charge is -2.24. The zero-order valence-corrected chi connectivity index (χ0v) is 18.7. The van der Waals surface area contributed by atoms with Crippen molar-refractivity contribution in [3.05, 3.63) is 52.3 Å². The van der Waals surface area contributed by atoms with Gasteiger partial charge in [0.05, 0.1) is 24.9 Å². The third-order valence-electron chi connectivity index (χ3n) is 6.08. The molecule has 4 rings (SSSR count). The van der Waals surface area contributed by atoms with Crippen LogP contribution in [0.2, 0.25) is 5.02 Å². The molecule has 8 heteroatoms. The summed E-state index contributed by atoms with van der Waals surface area (Å²) in [4.78, 5) is 27.8. The summed E-state index contributed by atoms with van der Waals surface area (Å²) in [6.07, 6.45) is 2.16. The molecule has 3 heterocycles. The summed E-state index contributed by atoms with van der Waals surface area (Å²) < 4.78 is 13.2. The molecule has 2 amide bonds. The average Bonchev–Trinajstić information content (AvgIpc) is 3.36. The predicted octanol–water partition coefficient (Wildman–Crippen LogP) is 4.54. The normalized spacial score (nSPS) is 19.1. The van der Waals surface area contributed by atoms with Gasteiger partial charge in [0.15, 0.2) is 5.75 Å². The summed E-state index contributed by atoms with van der Waals surface area (Å²) in [5.74, 6) is 0.356. The van der Waals surface area contributed by atoms with Crippen LogP contribution in [0.4, 0.5) is 4.79 Å². The lowest BCUT2D eigenvalue weighted by Crippen LogP contribution is -2.35. The maximum absolute atomic E-state index is 13.2. The van der Waals surface area contributed by atoms with Crippen molar-refractivity contribution < 1.29 is 19.1 Å². The van der Waals surface area contributed by atoms with Crippen molar-refractivity contribution in [3.8, 4) is 5.75 Å². The number of hydrogen-bond donors (Lipinski definition) is 1. The van der Waals surface area contributed by atoms with Crippen LogP contribution in [0.25, 0.3) is 0 Å². The zero-order chi connectivity index (χ0) is 22.0. The summed E-state index contributed by atoms with van der Waals surface area (Å²) in [5.41, 5.74) is 2.22. The predicted molar refractivity (Wildman–Crippen MR) is 117 cm³/mol. The number of carbonyl (C=O) groups is 2. The van der Waals surface area contributed by atoms with Crippen molar-refractivity contribution in [1.82, 2.24) is 14.8 Å². The van der Waals surface area contributed by atoms with Crippen LogP contribution in [0.1, 0.15) is 60.9 Å². The Morgan fingerprint density at radius 3 is 2.74 bits per heavy atom. The fourth-order valence-electron chi connectivity index (χ4n) is 4.33. The monoisotopic (exact) mass is 445 g/mol. The maximum atomic E-state index is 13.2. The van der Waals surface area contributed by atoms with Gasteiger partial charge in [-0.15, -0.1) is 0 Å². The van der Waals surface area contributed by atoms with Crippen molar-refractivity contribution in [1.29, 1.82) is 0 Å². The molecule has 2 aliphatic heterocycles. The second kappa shape index (κ2) is 9.32. The summed E-state index contributed by atoms with van der Waals surface area (Å²) >= 11 is 5.97. The number of likely N-dealkylation sites (tertiary alicyclic amines) is 1. The first-order valence-corrected chi connectivity index (χ1v) is 11.2. The molecule has 2 aromatic rings. The van der Waals surface area contributed by atoms with Crippen LogP contribution in [-0.2, 0) is 17.9 Å². The van der Waals surface area contributed by atoms with Gasteiger partial charge in [-0.1, -0.05) is 30.7 Å². The molecule has 1 fully saturated rings. The van der Waals surface area contributed by atoms with Crippen LogP contribution in [-0.4, -0.2) is 40.7 Å². The molecule has 0 spiro atoms. The summed E-state index contributed by atoms with van der Waals surface area (Å²) in [6.45, 7) is 6.21. The van der Waals surface area contributed by atoms with E-state index in [-0.39, 0.29) is 18.0 Å². The quantitative estimate of drug-likeness (QED) is 0.733. The SMILES string of the molecule is CC[C@@H](NC(=O)Oc1cc(C(=O)N2CCC[C@@H]2C)n2c1COCC2)c1ccc(Cl)cc1. The Morgan fingerprint density at radius 2 is 2.06 bits per heavy atom. The van der Waals surface area contributed by atoms with Crippen molar-refractivity contribution >= 4 is 23.6 Å². The molecule has 1 aromatic carbocycles. The highest BCUT2D eigenvalue weighted by atomic mass is 35.5. The molecule has 166 valence electrons. The molecule has 2 aliphatic rings. The third kappa shape index (κ3) is 4.57. The second-order valence-electron chi connectivity index (χ2n) is 8.08. The molecule has 0 bridgehead atoms. The molecule has 1 N–H and O–H groups in total. The van der Waals surface area contributed by atoms with Gasteiger partial charge in [-0.2, -0.15) is 0 Å². The number of aromatic nitrogens is 1. The lowest BCUT2D eigenvalue weighted by molar-refractivity contribution is 0.0686. The van der Waals surface area contributed by atoms with E-state index in [0.717, 1.165) is 30.6 Å². The van der Waals surface area contributed by atoms with Crippen LogP contribution < -0.4 is 10.1 Å². The van der Waals surface area contributed by atoms with Crippen LogP contribution in [0.3, 0.4) is 0 Å². The fourth-order valence-corrected chi connectivity index (χ4v) is 4.45. The van der Waals surface area contributed by atoms with Gasteiger partial charge < -0.3 is 24.3 Å². The van der Waals surface area contributed by atoms with Gasteiger partial charge in [-0.3, -0.25) is 4.79 Å². The third-order valence-corrected chi connectivity index (χ3v) is 6.33. The van der Waals surface area contributed by atoms with E-state index >= 15 is 0 Å². The molecule has 0 radical (unpaired) electrons. The van der Waals surface area contributed by atoms with Crippen molar-refractivity contribution in [2.45, 2.75) is 58.3 Å². The minimum absolute atomic E-state index is 0.0176. The Kier molecular flexibility index (Phi) is 6.53. The van der Waals surface area contributed by atoms with Crippen LogP contribution in [0, 0.1) is 0 Å². The topological polar surface area (TPSA) is 72.8 Å². The number of halogens is 1. The first-order chi connectivity index (χ1) is 15.0. The number of benzene rings is 1. The summed E-state index contributed by atoms with van der Waals surface area (Å²) in [5, 5.41) is 3.55. The van der Waals surface area contributed by atoms with Gasteiger partial charge in [0.25, 0.3) is 5.91 Å². The minimum atomic E-state index is -0.561. The lowest BCUT2D eigenvalue weighted by atomic mass is 10.1. The second-order valence-corrected chi connectivity index (χ2v) is 8.52. The first-order valence-electron chi connectivity index (χ1n) is 10.8. The standard InChI is InChI=1S/C23H28ClN3O4/c1-3-18(16-6-8-17(24)9-7-16)25-23(29)31-21-13-19(27-11-12-30-14-20(21)27)22(28)26-10-4-5-15(26)2/h6-9,13,15,18H,3-5,10-12,14H2,1-2H3,(H,25,29)/t15-,18+/m0/s1. The molecular formula is C23H28ClN3O4. The summed E-state index contributed by atoms with van der Waals surface area (Å²) in [7, 11) is 0. The number of fused-ring (bicyclic) bond motifs is 1. The van der Waals surface area contributed by atoms with Crippen LogP contribution in [0.5, 0.6) is 5.75 Å². The van der Waals surface area contributed by atoms with E-state index < -0.39 is 6.09 Å². The molecule has 0 aliphatic carbocycles.